The number of nitro groups is 1. The van der Waals surface area contributed by atoms with Gasteiger partial charge >= 0.3 is 0 Å². The Balaban J connectivity index is 2.00. The van der Waals surface area contributed by atoms with Gasteiger partial charge in [-0.2, -0.15) is 0 Å². The summed E-state index contributed by atoms with van der Waals surface area (Å²) >= 11 is 0. The molecule has 20 heavy (non-hydrogen) atoms. The van der Waals surface area contributed by atoms with Gasteiger partial charge in [-0.25, -0.2) is 13.1 Å². The number of sulfonamides is 1. The smallest absolute Gasteiger partial charge is 0.269 e. The van der Waals surface area contributed by atoms with Crippen molar-refractivity contribution in [1.82, 2.24) is 4.72 Å². The number of ether oxygens (including phenoxy) is 1. The largest absolute Gasteiger partial charge is 0.381 e. The van der Waals surface area contributed by atoms with E-state index in [1.165, 1.54) is 24.3 Å². The number of rotatable bonds is 5. The van der Waals surface area contributed by atoms with Gasteiger partial charge in [-0.05, 0) is 30.9 Å². The lowest BCUT2D eigenvalue weighted by Crippen LogP contribution is -2.32. The maximum Gasteiger partial charge on any atom is 0.269 e. The predicted molar refractivity (Wildman–Crippen MR) is 71.8 cm³/mol. The van der Waals surface area contributed by atoms with E-state index in [1.807, 2.05) is 0 Å². The van der Waals surface area contributed by atoms with E-state index >= 15 is 0 Å². The molecule has 1 saturated heterocycles. The molecule has 1 aromatic carbocycles. The average Bonchev–Trinajstić information content (AvgIpc) is 2.46. The number of hydrogen-bond acceptors (Lipinski definition) is 5. The quantitative estimate of drug-likeness (QED) is 0.652. The lowest BCUT2D eigenvalue weighted by molar-refractivity contribution is -0.384. The molecule has 1 aliphatic heterocycles. The third-order valence-corrected chi connectivity index (χ3v) is 4.70. The minimum atomic E-state index is -3.62. The van der Waals surface area contributed by atoms with Crippen LogP contribution in [0, 0.1) is 16.0 Å². The van der Waals surface area contributed by atoms with Crippen LogP contribution in [0.2, 0.25) is 0 Å². The van der Waals surface area contributed by atoms with Gasteiger partial charge in [0.25, 0.3) is 5.69 Å². The number of non-ortho nitro benzene ring substituents is 1. The Hall–Kier alpha value is -1.51. The molecule has 7 nitrogen and oxygen atoms in total. The van der Waals surface area contributed by atoms with Gasteiger partial charge in [0.15, 0.2) is 0 Å². The molecule has 2 rings (SSSR count). The van der Waals surface area contributed by atoms with E-state index < -0.39 is 14.9 Å². The summed E-state index contributed by atoms with van der Waals surface area (Å²) in [5.41, 5.74) is -0.131. The summed E-state index contributed by atoms with van der Waals surface area (Å²) in [5, 5.41) is 10.5. The Morgan fingerprint density at radius 2 is 1.85 bits per heavy atom. The van der Waals surface area contributed by atoms with Gasteiger partial charge in [0.1, 0.15) is 0 Å². The first-order chi connectivity index (χ1) is 9.49. The summed E-state index contributed by atoms with van der Waals surface area (Å²) in [6.07, 6.45) is 1.67. The molecule has 0 bridgehead atoms. The minimum absolute atomic E-state index is 0.0372. The van der Waals surface area contributed by atoms with E-state index in [9.17, 15) is 18.5 Å². The van der Waals surface area contributed by atoms with E-state index in [1.54, 1.807) is 0 Å². The monoisotopic (exact) mass is 300 g/mol. The Morgan fingerprint density at radius 1 is 1.25 bits per heavy atom. The highest BCUT2D eigenvalue weighted by Gasteiger charge is 2.19. The Kier molecular flexibility index (Phi) is 4.69. The van der Waals surface area contributed by atoms with Gasteiger partial charge < -0.3 is 4.74 Å². The van der Waals surface area contributed by atoms with E-state index in [4.69, 9.17) is 4.74 Å². The zero-order valence-corrected chi connectivity index (χ0v) is 11.6. The van der Waals surface area contributed by atoms with E-state index in [2.05, 4.69) is 4.72 Å². The standard InChI is InChI=1S/C12H16N2O5S/c15-14(16)11-1-3-12(4-2-11)20(17,18)13-9-10-5-7-19-8-6-10/h1-4,10,13H,5-9H2. The number of benzene rings is 1. The fourth-order valence-electron chi connectivity index (χ4n) is 2.01. The molecule has 0 aromatic heterocycles. The lowest BCUT2D eigenvalue weighted by atomic mass is 10.0. The van der Waals surface area contributed by atoms with Crippen molar-refractivity contribution in [1.29, 1.82) is 0 Å². The Morgan fingerprint density at radius 3 is 2.40 bits per heavy atom. The summed E-state index contributed by atoms with van der Waals surface area (Å²) < 4.78 is 31.8. The lowest BCUT2D eigenvalue weighted by Gasteiger charge is -2.22. The Bertz CT molecular complexity index is 564. The maximum absolute atomic E-state index is 12.0. The van der Waals surface area contributed by atoms with Crippen LogP contribution in [0.25, 0.3) is 0 Å². The van der Waals surface area contributed by atoms with Crippen LogP contribution in [0.4, 0.5) is 5.69 Å². The summed E-state index contributed by atoms with van der Waals surface area (Å²) in [6, 6.07) is 4.85. The van der Waals surface area contributed by atoms with Crippen LogP contribution in [-0.4, -0.2) is 33.1 Å². The van der Waals surface area contributed by atoms with Crippen molar-refractivity contribution in [2.45, 2.75) is 17.7 Å². The molecule has 1 aliphatic rings. The van der Waals surface area contributed by atoms with Crippen LogP contribution in [0.15, 0.2) is 29.2 Å². The third kappa shape index (κ3) is 3.75. The molecule has 1 heterocycles. The fraction of sp³-hybridized carbons (Fsp3) is 0.500. The highest BCUT2D eigenvalue weighted by atomic mass is 32.2. The number of nitrogens with zero attached hydrogens (tertiary/aromatic N) is 1. The van der Waals surface area contributed by atoms with E-state index in [0.717, 1.165) is 12.8 Å². The molecule has 0 amide bonds. The molecule has 8 heteroatoms. The highest BCUT2D eigenvalue weighted by molar-refractivity contribution is 7.89. The fourth-order valence-corrected chi connectivity index (χ4v) is 3.12. The summed E-state index contributed by atoms with van der Waals surface area (Å²) in [7, 11) is -3.62. The van der Waals surface area contributed by atoms with Crippen molar-refractivity contribution in [3.05, 3.63) is 34.4 Å². The first-order valence-corrected chi connectivity index (χ1v) is 7.79. The summed E-state index contributed by atoms with van der Waals surface area (Å²) in [4.78, 5) is 10.00. The summed E-state index contributed by atoms with van der Waals surface area (Å²) in [5.74, 6) is 0.275. The molecule has 0 saturated carbocycles. The normalized spacial score (nSPS) is 17.0. The molecule has 0 aliphatic carbocycles. The van der Waals surface area contributed by atoms with Crippen LogP contribution in [0.3, 0.4) is 0 Å². The van der Waals surface area contributed by atoms with Crippen molar-refractivity contribution in [2.24, 2.45) is 5.92 Å². The van der Waals surface area contributed by atoms with Gasteiger partial charge in [-0.1, -0.05) is 0 Å². The van der Waals surface area contributed by atoms with Crippen molar-refractivity contribution in [3.63, 3.8) is 0 Å². The molecular formula is C12H16N2O5S. The van der Waals surface area contributed by atoms with Crippen LogP contribution >= 0.6 is 0 Å². The summed E-state index contributed by atoms with van der Waals surface area (Å²) in [6.45, 7) is 1.68. The van der Waals surface area contributed by atoms with Gasteiger partial charge in [-0.15, -0.1) is 0 Å². The second-order valence-corrected chi connectivity index (χ2v) is 6.43. The topological polar surface area (TPSA) is 98.5 Å². The second kappa shape index (κ2) is 6.29. The van der Waals surface area contributed by atoms with Crippen molar-refractivity contribution < 1.29 is 18.1 Å². The van der Waals surface area contributed by atoms with E-state index in [0.29, 0.717) is 19.8 Å². The number of nitrogens with one attached hydrogen (secondary N) is 1. The Labute approximate surface area is 117 Å². The first kappa shape index (κ1) is 14.9. The SMILES string of the molecule is O=[N+]([O-])c1ccc(S(=O)(=O)NCC2CCOCC2)cc1. The first-order valence-electron chi connectivity index (χ1n) is 6.31. The van der Waals surface area contributed by atoms with Gasteiger partial charge in [0.2, 0.25) is 10.0 Å². The maximum atomic E-state index is 12.0. The molecule has 110 valence electrons. The van der Waals surface area contributed by atoms with Crippen molar-refractivity contribution >= 4 is 15.7 Å². The molecule has 0 radical (unpaired) electrons. The van der Waals surface area contributed by atoms with Crippen LogP contribution < -0.4 is 4.72 Å². The zero-order valence-electron chi connectivity index (χ0n) is 10.8. The predicted octanol–water partition coefficient (Wildman–Crippen LogP) is 1.30. The number of hydrogen-bond donors (Lipinski definition) is 1. The van der Waals surface area contributed by atoms with Crippen molar-refractivity contribution in [2.75, 3.05) is 19.8 Å². The van der Waals surface area contributed by atoms with Crippen molar-refractivity contribution in [3.8, 4) is 0 Å². The number of nitro benzene ring substituents is 1. The zero-order chi connectivity index (χ0) is 14.6. The van der Waals surface area contributed by atoms with Crippen LogP contribution in [0.5, 0.6) is 0 Å². The van der Waals surface area contributed by atoms with Gasteiger partial charge in [0.05, 0.1) is 9.82 Å². The highest BCUT2D eigenvalue weighted by Crippen LogP contribution is 2.17. The second-order valence-electron chi connectivity index (χ2n) is 4.66. The molecule has 1 aromatic rings. The van der Waals surface area contributed by atoms with Crippen LogP contribution in [-0.2, 0) is 14.8 Å². The van der Waals surface area contributed by atoms with E-state index in [-0.39, 0.29) is 16.5 Å². The molecular weight excluding hydrogens is 284 g/mol. The minimum Gasteiger partial charge on any atom is -0.381 e. The molecule has 0 spiro atoms. The molecule has 1 fully saturated rings. The average molecular weight is 300 g/mol. The molecule has 0 unspecified atom stereocenters. The third-order valence-electron chi connectivity index (χ3n) is 3.26. The molecule has 0 atom stereocenters. The van der Waals surface area contributed by atoms with Crippen LogP contribution in [0.1, 0.15) is 12.8 Å². The molecule has 1 N–H and O–H groups in total. The van der Waals surface area contributed by atoms with Gasteiger partial charge in [-0.3, -0.25) is 10.1 Å². The van der Waals surface area contributed by atoms with Gasteiger partial charge in [0, 0.05) is 31.9 Å².